The van der Waals surface area contributed by atoms with Crippen LogP contribution in [0.2, 0.25) is 0 Å². The van der Waals surface area contributed by atoms with Crippen LogP contribution in [-0.2, 0) is 13.5 Å². The normalized spacial score (nSPS) is 17.3. The topological polar surface area (TPSA) is 42.7 Å². The first-order valence-electron chi connectivity index (χ1n) is 7.54. The minimum Gasteiger partial charge on any atom is -0.313 e. The highest BCUT2D eigenvalue weighted by Gasteiger charge is 2.14. The molecular weight excluding hydrogens is 236 g/mol. The standard InChI is InChI=1S/C15H26N4/c1-3-9-16-14(10-13-7-5-4-6-8-13)11-15-12-19(2)18-17-15/h7,12,14,16H,3-6,8-11H2,1-2H3. The third kappa shape index (κ3) is 4.78. The van der Waals surface area contributed by atoms with E-state index in [2.05, 4.69) is 28.6 Å². The molecule has 4 nitrogen and oxygen atoms in total. The maximum atomic E-state index is 4.21. The summed E-state index contributed by atoms with van der Waals surface area (Å²) in [5.74, 6) is 0. The molecule has 1 aliphatic carbocycles. The molecule has 0 saturated heterocycles. The molecular formula is C15H26N4. The fourth-order valence-electron chi connectivity index (χ4n) is 2.71. The molecule has 0 aliphatic heterocycles. The van der Waals surface area contributed by atoms with Crippen molar-refractivity contribution in [3.63, 3.8) is 0 Å². The molecule has 1 aliphatic rings. The van der Waals surface area contributed by atoms with Gasteiger partial charge in [-0.15, -0.1) is 5.10 Å². The Balaban J connectivity index is 1.92. The number of hydrogen-bond acceptors (Lipinski definition) is 3. The van der Waals surface area contributed by atoms with Gasteiger partial charge >= 0.3 is 0 Å². The summed E-state index contributed by atoms with van der Waals surface area (Å²) in [4.78, 5) is 0. The Morgan fingerprint density at radius 3 is 2.89 bits per heavy atom. The van der Waals surface area contributed by atoms with E-state index in [0.29, 0.717) is 6.04 Å². The third-order valence-corrected chi connectivity index (χ3v) is 3.68. The van der Waals surface area contributed by atoms with Gasteiger partial charge in [0.05, 0.1) is 5.69 Å². The fraction of sp³-hybridized carbons (Fsp3) is 0.733. The molecule has 1 heterocycles. The van der Waals surface area contributed by atoms with Crippen molar-refractivity contribution in [2.24, 2.45) is 7.05 Å². The van der Waals surface area contributed by atoms with Crippen molar-refractivity contribution >= 4 is 0 Å². The maximum absolute atomic E-state index is 4.21. The molecule has 0 bridgehead atoms. The Labute approximate surface area is 116 Å². The highest BCUT2D eigenvalue weighted by Crippen LogP contribution is 2.22. The summed E-state index contributed by atoms with van der Waals surface area (Å²) in [6, 6.07) is 0.501. The van der Waals surface area contributed by atoms with E-state index in [1.807, 2.05) is 13.2 Å². The van der Waals surface area contributed by atoms with E-state index in [1.165, 1.54) is 32.1 Å². The van der Waals surface area contributed by atoms with Gasteiger partial charge in [0.25, 0.3) is 0 Å². The molecule has 4 heteroatoms. The van der Waals surface area contributed by atoms with Crippen molar-refractivity contribution in [2.75, 3.05) is 6.54 Å². The first-order valence-corrected chi connectivity index (χ1v) is 7.54. The summed E-state index contributed by atoms with van der Waals surface area (Å²) in [7, 11) is 1.93. The summed E-state index contributed by atoms with van der Waals surface area (Å²) < 4.78 is 1.78. The van der Waals surface area contributed by atoms with Crippen molar-refractivity contribution in [1.29, 1.82) is 0 Å². The number of allylic oxidation sites excluding steroid dienone is 1. The van der Waals surface area contributed by atoms with Crippen molar-refractivity contribution in [3.8, 4) is 0 Å². The summed E-state index contributed by atoms with van der Waals surface area (Å²) in [6.45, 7) is 3.30. The minimum absolute atomic E-state index is 0.501. The molecule has 0 saturated carbocycles. The Morgan fingerprint density at radius 2 is 2.26 bits per heavy atom. The van der Waals surface area contributed by atoms with Crippen LogP contribution in [0, 0.1) is 0 Å². The van der Waals surface area contributed by atoms with Crippen LogP contribution in [-0.4, -0.2) is 27.6 Å². The van der Waals surface area contributed by atoms with Crippen molar-refractivity contribution < 1.29 is 0 Å². The Bertz CT molecular complexity index is 408. The summed E-state index contributed by atoms with van der Waals surface area (Å²) >= 11 is 0. The first kappa shape index (κ1) is 14.3. The number of rotatable bonds is 7. The largest absolute Gasteiger partial charge is 0.313 e. The van der Waals surface area contributed by atoms with Crippen LogP contribution in [0.3, 0.4) is 0 Å². The van der Waals surface area contributed by atoms with Crippen molar-refractivity contribution in [2.45, 2.75) is 57.9 Å². The fourth-order valence-corrected chi connectivity index (χ4v) is 2.71. The second kappa shape index (κ2) is 7.43. The quantitative estimate of drug-likeness (QED) is 0.768. The van der Waals surface area contributed by atoms with Gasteiger partial charge in [0.2, 0.25) is 0 Å². The third-order valence-electron chi connectivity index (χ3n) is 3.68. The molecule has 106 valence electrons. The van der Waals surface area contributed by atoms with Crippen molar-refractivity contribution in [1.82, 2.24) is 20.3 Å². The molecule has 1 atom stereocenters. The molecule has 1 aromatic rings. The monoisotopic (exact) mass is 262 g/mol. The summed E-state index contributed by atoms with van der Waals surface area (Å²) in [5, 5.41) is 11.9. The zero-order valence-corrected chi connectivity index (χ0v) is 12.2. The lowest BCUT2D eigenvalue weighted by atomic mass is 9.93. The lowest BCUT2D eigenvalue weighted by molar-refractivity contribution is 0.486. The molecule has 0 aromatic carbocycles. The average Bonchev–Trinajstić information content (AvgIpc) is 2.82. The highest BCUT2D eigenvalue weighted by molar-refractivity contribution is 5.09. The molecule has 2 rings (SSSR count). The van der Waals surface area contributed by atoms with Gasteiger partial charge in [0.1, 0.15) is 0 Å². The van der Waals surface area contributed by atoms with Crippen LogP contribution in [0.1, 0.15) is 51.1 Å². The van der Waals surface area contributed by atoms with Gasteiger partial charge in [0, 0.05) is 25.7 Å². The van der Waals surface area contributed by atoms with Gasteiger partial charge in [0.15, 0.2) is 0 Å². The molecule has 19 heavy (non-hydrogen) atoms. The molecule has 1 unspecified atom stereocenters. The first-order chi connectivity index (χ1) is 9.28. The van der Waals surface area contributed by atoms with Crippen LogP contribution < -0.4 is 5.32 Å². The number of aryl methyl sites for hydroxylation is 1. The molecule has 0 radical (unpaired) electrons. The van der Waals surface area contributed by atoms with Crippen LogP contribution in [0.25, 0.3) is 0 Å². The second-order valence-corrected chi connectivity index (χ2v) is 5.55. The molecule has 1 N–H and O–H groups in total. The predicted octanol–water partition coefficient (Wildman–Crippen LogP) is 2.62. The molecule has 0 fully saturated rings. The number of aromatic nitrogens is 3. The molecule has 1 aromatic heterocycles. The summed E-state index contributed by atoms with van der Waals surface area (Å²) in [5.41, 5.74) is 2.72. The number of hydrogen-bond donors (Lipinski definition) is 1. The number of nitrogens with zero attached hydrogens (tertiary/aromatic N) is 3. The van der Waals surface area contributed by atoms with Crippen LogP contribution in [0.4, 0.5) is 0 Å². The Morgan fingerprint density at radius 1 is 1.37 bits per heavy atom. The highest BCUT2D eigenvalue weighted by atomic mass is 15.4. The van der Waals surface area contributed by atoms with E-state index in [0.717, 1.165) is 25.1 Å². The Kier molecular flexibility index (Phi) is 5.58. The van der Waals surface area contributed by atoms with Gasteiger partial charge in [-0.3, -0.25) is 4.68 Å². The van der Waals surface area contributed by atoms with E-state index in [9.17, 15) is 0 Å². The van der Waals surface area contributed by atoms with E-state index in [1.54, 1.807) is 10.3 Å². The SMILES string of the molecule is CCCNC(CC1=CCCCC1)Cc1cn(C)nn1. The second-order valence-electron chi connectivity index (χ2n) is 5.55. The van der Waals surface area contributed by atoms with Gasteiger partial charge in [-0.1, -0.05) is 23.8 Å². The average molecular weight is 262 g/mol. The molecule has 0 spiro atoms. The summed E-state index contributed by atoms with van der Waals surface area (Å²) in [6.07, 6.45) is 13.1. The zero-order valence-electron chi connectivity index (χ0n) is 12.2. The van der Waals surface area contributed by atoms with E-state index < -0.39 is 0 Å². The van der Waals surface area contributed by atoms with Crippen LogP contribution in [0.15, 0.2) is 17.8 Å². The number of nitrogens with one attached hydrogen (secondary N) is 1. The smallest absolute Gasteiger partial charge is 0.0842 e. The van der Waals surface area contributed by atoms with E-state index in [-0.39, 0.29) is 0 Å². The predicted molar refractivity (Wildman–Crippen MR) is 78.0 cm³/mol. The van der Waals surface area contributed by atoms with Gasteiger partial charge in [-0.25, -0.2) is 0 Å². The lowest BCUT2D eigenvalue weighted by Gasteiger charge is -2.21. The van der Waals surface area contributed by atoms with Crippen LogP contribution in [0.5, 0.6) is 0 Å². The lowest BCUT2D eigenvalue weighted by Crippen LogP contribution is -2.32. The van der Waals surface area contributed by atoms with Gasteiger partial charge in [-0.2, -0.15) is 0 Å². The maximum Gasteiger partial charge on any atom is 0.0842 e. The van der Waals surface area contributed by atoms with Gasteiger partial charge in [-0.05, 0) is 45.1 Å². The minimum atomic E-state index is 0.501. The Hall–Kier alpha value is -1.16. The van der Waals surface area contributed by atoms with Gasteiger partial charge < -0.3 is 5.32 Å². The van der Waals surface area contributed by atoms with E-state index >= 15 is 0 Å². The molecule has 0 amide bonds. The van der Waals surface area contributed by atoms with E-state index in [4.69, 9.17) is 0 Å². The van der Waals surface area contributed by atoms with Crippen molar-refractivity contribution in [3.05, 3.63) is 23.5 Å². The van der Waals surface area contributed by atoms with Crippen LogP contribution >= 0.6 is 0 Å². The zero-order chi connectivity index (χ0) is 13.5.